The first-order valence-corrected chi connectivity index (χ1v) is 11.2. The second-order valence-corrected chi connectivity index (χ2v) is 9.31. The Balaban J connectivity index is 1.67. The number of rotatable bonds is 6. The van der Waals surface area contributed by atoms with Gasteiger partial charge in [0.25, 0.3) is 0 Å². The third-order valence-electron chi connectivity index (χ3n) is 5.58. The Kier molecular flexibility index (Phi) is 6.20. The summed E-state index contributed by atoms with van der Waals surface area (Å²) in [5.41, 5.74) is 2.87. The standard InChI is InChI=1S/C22H28N2O3S/c1-4-17(2)19-7-11-22(12-8-19)28(26,27)24-15-13-23(14-16-24)21-9-5-20(6-10-21)18(3)25/h5-12,17H,4,13-16H2,1-3H3/t17-/m0/s1. The van der Waals surface area contributed by atoms with E-state index in [1.807, 2.05) is 36.4 Å². The van der Waals surface area contributed by atoms with Crippen LogP contribution in [-0.2, 0) is 10.0 Å². The van der Waals surface area contributed by atoms with Gasteiger partial charge in [0, 0.05) is 37.4 Å². The summed E-state index contributed by atoms with van der Waals surface area (Å²) in [5.74, 6) is 0.469. The molecule has 1 saturated heterocycles. The van der Waals surface area contributed by atoms with Gasteiger partial charge in [-0.1, -0.05) is 26.0 Å². The van der Waals surface area contributed by atoms with E-state index in [0.717, 1.165) is 12.1 Å². The average Bonchev–Trinajstić information content (AvgIpc) is 2.73. The molecular formula is C22H28N2O3S. The summed E-state index contributed by atoms with van der Waals surface area (Å²) < 4.78 is 27.5. The molecule has 0 spiro atoms. The van der Waals surface area contributed by atoms with Crippen molar-refractivity contribution in [1.29, 1.82) is 0 Å². The number of ketones is 1. The Bertz CT molecular complexity index is 913. The lowest BCUT2D eigenvalue weighted by Crippen LogP contribution is -2.48. The fourth-order valence-corrected chi connectivity index (χ4v) is 4.87. The van der Waals surface area contributed by atoms with Gasteiger partial charge in [-0.25, -0.2) is 8.42 Å². The van der Waals surface area contributed by atoms with E-state index in [2.05, 4.69) is 18.7 Å². The predicted octanol–water partition coefficient (Wildman–Crippen LogP) is 3.91. The highest BCUT2D eigenvalue weighted by Gasteiger charge is 2.28. The van der Waals surface area contributed by atoms with Crippen LogP contribution >= 0.6 is 0 Å². The molecule has 0 unspecified atom stereocenters. The van der Waals surface area contributed by atoms with Crippen molar-refractivity contribution in [3.8, 4) is 0 Å². The Morgan fingerprint density at radius 2 is 1.54 bits per heavy atom. The first kappa shape index (κ1) is 20.6. The molecule has 2 aromatic rings. The summed E-state index contributed by atoms with van der Waals surface area (Å²) >= 11 is 0. The summed E-state index contributed by atoms with van der Waals surface area (Å²) in [6, 6.07) is 14.8. The smallest absolute Gasteiger partial charge is 0.243 e. The zero-order valence-corrected chi connectivity index (χ0v) is 17.6. The van der Waals surface area contributed by atoms with E-state index in [4.69, 9.17) is 0 Å². The number of carbonyl (C=O) groups is 1. The maximum absolute atomic E-state index is 13.0. The number of Topliss-reactive ketones (excluding diaryl/α,β-unsaturated/α-hetero) is 1. The van der Waals surface area contributed by atoms with E-state index in [1.165, 1.54) is 5.56 Å². The van der Waals surface area contributed by atoms with Crippen molar-refractivity contribution in [2.24, 2.45) is 0 Å². The molecule has 5 nitrogen and oxygen atoms in total. The summed E-state index contributed by atoms with van der Waals surface area (Å²) in [7, 11) is -3.47. The Labute approximate surface area is 168 Å². The summed E-state index contributed by atoms with van der Waals surface area (Å²) in [4.78, 5) is 13.9. The average molecular weight is 401 g/mol. The number of piperazine rings is 1. The van der Waals surface area contributed by atoms with Crippen LogP contribution in [0.1, 0.15) is 49.0 Å². The fraction of sp³-hybridized carbons (Fsp3) is 0.409. The Morgan fingerprint density at radius 3 is 2.04 bits per heavy atom. The fourth-order valence-electron chi connectivity index (χ4n) is 3.45. The minimum absolute atomic E-state index is 0.0433. The lowest BCUT2D eigenvalue weighted by Gasteiger charge is -2.35. The summed E-state index contributed by atoms with van der Waals surface area (Å²) in [5, 5.41) is 0. The molecule has 1 heterocycles. The van der Waals surface area contributed by atoms with Gasteiger partial charge in [0.15, 0.2) is 5.78 Å². The third kappa shape index (κ3) is 4.28. The number of nitrogens with zero attached hydrogens (tertiary/aromatic N) is 2. The van der Waals surface area contributed by atoms with Crippen LogP contribution in [0.15, 0.2) is 53.4 Å². The van der Waals surface area contributed by atoms with Crippen molar-refractivity contribution >= 4 is 21.5 Å². The second-order valence-electron chi connectivity index (χ2n) is 7.37. The molecule has 0 aliphatic carbocycles. The lowest BCUT2D eigenvalue weighted by atomic mass is 9.99. The van der Waals surface area contributed by atoms with Gasteiger partial charge in [-0.2, -0.15) is 4.31 Å². The molecule has 1 aliphatic rings. The second kappa shape index (κ2) is 8.45. The highest BCUT2D eigenvalue weighted by atomic mass is 32.2. The van der Waals surface area contributed by atoms with Gasteiger partial charge in [-0.15, -0.1) is 0 Å². The van der Waals surface area contributed by atoms with E-state index in [9.17, 15) is 13.2 Å². The largest absolute Gasteiger partial charge is 0.369 e. The van der Waals surface area contributed by atoms with E-state index in [-0.39, 0.29) is 5.78 Å². The van der Waals surface area contributed by atoms with Crippen LogP contribution in [0.3, 0.4) is 0 Å². The van der Waals surface area contributed by atoms with Crippen LogP contribution in [0, 0.1) is 0 Å². The van der Waals surface area contributed by atoms with Gasteiger partial charge in [0.1, 0.15) is 0 Å². The monoisotopic (exact) mass is 400 g/mol. The van der Waals surface area contributed by atoms with Crippen molar-refractivity contribution in [3.63, 3.8) is 0 Å². The zero-order chi connectivity index (χ0) is 20.3. The highest BCUT2D eigenvalue weighted by molar-refractivity contribution is 7.89. The van der Waals surface area contributed by atoms with Crippen LogP contribution in [-0.4, -0.2) is 44.7 Å². The van der Waals surface area contributed by atoms with E-state index >= 15 is 0 Å². The van der Waals surface area contributed by atoms with Crippen molar-refractivity contribution in [3.05, 3.63) is 59.7 Å². The van der Waals surface area contributed by atoms with Crippen molar-refractivity contribution < 1.29 is 13.2 Å². The molecule has 2 aromatic carbocycles. The molecule has 0 radical (unpaired) electrons. The third-order valence-corrected chi connectivity index (χ3v) is 7.49. The number of benzene rings is 2. The zero-order valence-electron chi connectivity index (χ0n) is 16.8. The number of hydrogen-bond acceptors (Lipinski definition) is 4. The van der Waals surface area contributed by atoms with E-state index in [0.29, 0.717) is 42.6 Å². The van der Waals surface area contributed by atoms with Crippen molar-refractivity contribution in [2.75, 3.05) is 31.1 Å². The quantitative estimate of drug-likeness (QED) is 0.690. The molecule has 6 heteroatoms. The Morgan fingerprint density at radius 1 is 0.964 bits per heavy atom. The van der Waals surface area contributed by atoms with Gasteiger partial charge in [0.05, 0.1) is 4.90 Å². The van der Waals surface area contributed by atoms with E-state index < -0.39 is 10.0 Å². The van der Waals surface area contributed by atoms with Gasteiger partial charge in [-0.3, -0.25) is 4.79 Å². The molecule has 0 amide bonds. The van der Waals surface area contributed by atoms with Crippen LogP contribution in [0.25, 0.3) is 0 Å². The summed E-state index contributed by atoms with van der Waals surface area (Å²) in [6.45, 7) is 7.98. The molecule has 1 atom stereocenters. The molecule has 150 valence electrons. The topological polar surface area (TPSA) is 57.7 Å². The molecule has 28 heavy (non-hydrogen) atoms. The van der Waals surface area contributed by atoms with Crippen molar-refractivity contribution in [2.45, 2.75) is 38.0 Å². The molecule has 0 bridgehead atoms. The molecular weight excluding hydrogens is 372 g/mol. The first-order chi connectivity index (χ1) is 13.3. The van der Waals surface area contributed by atoms with Crippen LogP contribution in [0.2, 0.25) is 0 Å². The SMILES string of the molecule is CC[C@H](C)c1ccc(S(=O)(=O)N2CCN(c3ccc(C(C)=O)cc3)CC2)cc1. The first-order valence-electron chi connectivity index (χ1n) is 9.79. The molecule has 0 aromatic heterocycles. The lowest BCUT2D eigenvalue weighted by molar-refractivity contribution is 0.101. The molecule has 0 N–H and O–H groups in total. The molecule has 0 saturated carbocycles. The minimum Gasteiger partial charge on any atom is -0.369 e. The minimum atomic E-state index is -3.47. The van der Waals surface area contributed by atoms with Gasteiger partial charge in [-0.05, 0) is 61.2 Å². The number of hydrogen-bond donors (Lipinski definition) is 0. The van der Waals surface area contributed by atoms with Gasteiger partial charge in [0.2, 0.25) is 10.0 Å². The van der Waals surface area contributed by atoms with Crippen LogP contribution < -0.4 is 4.90 Å². The normalized spacial score (nSPS) is 16.8. The van der Waals surface area contributed by atoms with Crippen LogP contribution in [0.4, 0.5) is 5.69 Å². The molecule has 1 fully saturated rings. The maximum atomic E-state index is 13.0. The summed E-state index contributed by atoms with van der Waals surface area (Å²) in [6.07, 6.45) is 1.03. The van der Waals surface area contributed by atoms with Gasteiger partial charge < -0.3 is 4.90 Å². The number of sulfonamides is 1. The maximum Gasteiger partial charge on any atom is 0.243 e. The van der Waals surface area contributed by atoms with Crippen molar-refractivity contribution in [1.82, 2.24) is 4.31 Å². The van der Waals surface area contributed by atoms with E-state index in [1.54, 1.807) is 23.4 Å². The number of anilines is 1. The molecule has 1 aliphatic heterocycles. The number of carbonyl (C=O) groups excluding carboxylic acids is 1. The van der Waals surface area contributed by atoms with Gasteiger partial charge >= 0.3 is 0 Å². The Hall–Kier alpha value is -2.18. The predicted molar refractivity (Wildman–Crippen MR) is 113 cm³/mol. The molecule has 3 rings (SSSR count). The highest BCUT2D eigenvalue weighted by Crippen LogP contribution is 2.24. The van der Waals surface area contributed by atoms with Crippen LogP contribution in [0.5, 0.6) is 0 Å².